The van der Waals surface area contributed by atoms with E-state index < -0.39 is 11.9 Å². The van der Waals surface area contributed by atoms with Crippen molar-refractivity contribution in [3.05, 3.63) is 54.1 Å². The van der Waals surface area contributed by atoms with E-state index in [1.165, 1.54) is 32.1 Å². The van der Waals surface area contributed by atoms with Crippen LogP contribution >= 0.6 is 0 Å². The van der Waals surface area contributed by atoms with E-state index in [0.717, 1.165) is 32.2 Å². The molecule has 0 radical (unpaired) electrons. The second kappa shape index (κ2) is 12.0. The van der Waals surface area contributed by atoms with E-state index in [1.807, 2.05) is 11.0 Å². The first-order chi connectivity index (χ1) is 15.6. The van der Waals surface area contributed by atoms with Crippen molar-refractivity contribution in [2.45, 2.75) is 44.2 Å². The highest BCUT2D eigenvalue weighted by molar-refractivity contribution is 5.92. The summed E-state index contributed by atoms with van der Waals surface area (Å²) in [5.74, 6) is -0.487. The SMILES string of the molecule is NC(=O)C(NC=O)c1ccccc1.O=C(c1cnc[nH]1)N1CCN(C2CCCCC2)CC1. The Hall–Kier alpha value is -3.20. The number of aromatic nitrogens is 2. The minimum atomic E-state index is -0.737. The van der Waals surface area contributed by atoms with Gasteiger partial charge in [0, 0.05) is 32.2 Å². The third kappa shape index (κ3) is 6.40. The molecular formula is C23H32N6O3. The van der Waals surface area contributed by atoms with Gasteiger partial charge in [-0.3, -0.25) is 19.3 Å². The molecular weight excluding hydrogens is 408 g/mol. The van der Waals surface area contributed by atoms with Gasteiger partial charge in [-0.2, -0.15) is 0 Å². The van der Waals surface area contributed by atoms with Crippen LogP contribution in [0.5, 0.6) is 0 Å². The van der Waals surface area contributed by atoms with E-state index >= 15 is 0 Å². The number of hydrogen-bond donors (Lipinski definition) is 3. The molecule has 4 rings (SSSR count). The van der Waals surface area contributed by atoms with Gasteiger partial charge in [-0.1, -0.05) is 49.6 Å². The first kappa shape index (κ1) is 23.5. The molecule has 32 heavy (non-hydrogen) atoms. The Bertz CT molecular complexity index is 844. The number of carbonyl (C=O) groups is 3. The third-order valence-electron chi connectivity index (χ3n) is 6.07. The lowest BCUT2D eigenvalue weighted by Gasteiger charge is -2.40. The number of nitrogens with zero attached hydrogens (tertiary/aromatic N) is 3. The zero-order chi connectivity index (χ0) is 22.8. The average molecular weight is 441 g/mol. The summed E-state index contributed by atoms with van der Waals surface area (Å²) in [6.45, 7) is 3.72. The zero-order valence-corrected chi connectivity index (χ0v) is 18.3. The summed E-state index contributed by atoms with van der Waals surface area (Å²) in [5.41, 5.74) is 6.38. The highest BCUT2D eigenvalue weighted by Crippen LogP contribution is 2.23. The van der Waals surface area contributed by atoms with Gasteiger partial charge >= 0.3 is 0 Å². The number of benzene rings is 1. The van der Waals surface area contributed by atoms with Crippen molar-refractivity contribution in [3.63, 3.8) is 0 Å². The quantitative estimate of drug-likeness (QED) is 0.587. The van der Waals surface area contributed by atoms with Gasteiger partial charge in [0.25, 0.3) is 5.91 Å². The number of carbonyl (C=O) groups excluding carboxylic acids is 3. The van der Waals surface area contributed by atoms with Crippen molar-refractivity contribution >= 4 is 18.2 Å². The molecule has 1 atom stereocenters. The van der Waals surface area contributed by atoms with Crippen molar-refractivity contribution in [2.24, 2.45) is 5.73 Å². The fourth-order valence-corrected chi connectivity index (χ4v) is 4.34. The maximum Gasteiger partial charge on any atom is 0.272 e. The van der Waals surface area contributed by atoms with Crippen LogP contribution in [0.2, 0.25) is 0 Å². The van der Waals surface area contributed by atoms with Crippen LogP contribution in [0.3, 0.4) is 0 Å². The number of nitrogens with one attached hydrogen (secondary N) is 2. The second-order valence-corrected chi connectivity index (χ2v) is 8.12. The fraction of sp³-hybridized carbons (Fsp3) is 0.478. The molecule has 2 fully saturated rings. The minimum Gasteiger partial charge on any atom is -0.368 e. The normalized spacial score (nSPS) is 18.2. The number of rotatable bonds is 6. The number of imidazole rings is 1. The van der Waals surface area contributed by atoms with Crippen LogP contribution in [-0.2, 0) is 9.59 Å². The van der Waals surface area contributed by atoms with Gasteiger partial charge in [0.15, 0.2) is 0 Å². The zero-order valence-electron chi connectivity index (χ0n) is 18.3. The van der Waals surface area contributed by atoms with Crippen molar-refractivity contribution < 1.29 is 14.4 Å². The number of amides is 3. The average Bonchev–Trinajstić information content (AvgIpc) is 3.39. The lowest BCUT2D eigenvalue weighted by Crippen LogP contribution is -2.52. The van der Waals surface area contributed by atoms with E-state index in [4.69, 9.17) is 5.73 Å². The number of hydrogen-bond acceptors (Lipinski definition) is 5. The maximum atomic E-state index is 12.2. The molecule has 2 heterocycles. The highest BCUT2D eigenvalue weighted by atomic mass is 16.2. The van der Waals surface area contributed by atoms with Gasteiger partial charge in [0.2, 0.25) is 12.3 Å². The van der Waals surface area contributed by atoms with E-state index in [0.29, 0.717) is 17.7 Å². The number of H-pyrrole nitrogens is 1. The molecule has 0 bridgehead atoms. The number of piperazine rings is 1. The molecule has 4 N–H and O–H groups in total. The largest absolute Gasteiger partial charge is 0.368 e. The van der Waals surface area contributed by atoms with E-state index in [9.17, 15) is 14.4 Å². The molecule has 172 valence electrons. The predicted molar refractivity (Wildman–Crippen MR) is 121 cm³/mol. The summed E-state index contributed by atoms with van der Waals surface area (Å²) in [7, 11) is 0. The molecule has 1 aliphatic heterocycles. The van der Waals surface area contributed by atoms with Crippen molar-refractivity contribution in [1.82, 2.24) is 25.1 Å². The van der Waals surface area contributed by atoms with Gasteiger partial charge in [-0.15, -0.1) is 0 Å². The molecule has 1 aromatic heterocycles. The number of nitrogens with two attached hydrogens (primary N) is 1. The molecule has 1 saturated heterocycles. The summed E-state index contributed by atoms with van der Waals surface area (Å²) < 4.78 is 0. The van der Waals surface area contributed by atoms with Crippen LogP contribution in [0.25, 0.3) is 0 Å². The molecule has 2 aromatic rings. The van der Waals surface area contributed by atoms with Crippen LogP contribution in [0, 0.1) is 0 Å². The standard InChI is InChI=1S/C14H22N4O.C9H10N2O2/c19-14(13-10-15-11-16-13)18-8-6-17(7-9-18)12-4-2-1-3-5-12;10-9(13)8(11-6-12)7-4-2-1-3-5-7/h10-12H,1-9H2,(H,15,16);1-6,8H,(H2,10,13)(H,11,12). The molecule has 1 unspecified atom stereocenters. The molecule has 1 saturated carbocycles. The highest BCUT2D eigenvalue weighted by Gasteiger charge is 2.27. The predicted octanol–water partition coefficient (Wildman–Crippen LogP) is 1.46. The summed E-state index contributed by atoms with van der Waals surface area (Å²) in [6.07, 6.45) is 10.5. The third-order valence-corrected chi connectivity index (χ3v) is 6.07. The van der Waals surface area contributed by atoms with E-state index in [2.05, 4.69) is 20.2 Å². The molecule has 1 aliphatic carbocycles. The Kier molecular flexibility index (Phi) is 8.79. The summed E-state index contributed by atoms with van der Waals surface area (Å²) in [4.78, 5) is 44.6. The lowest BCUT2D eigenvalue weighted by atomic mass is 9.94. The monoisotopic (exact) mass is 440 g/mol. The van der Waals surface area contributed by atoms with Gasteiger partial charge in [0.05, 0.1) is 12.5 Å². The van der Waals surface area contributed by atoms with Gasteiger partial charge in [0.1, 0.15) is 11.7 Å². The summed E-state index contributed by atoms with van der Waals surface area (Å²) in [5, 5.41) is 2.34. The van der Waals surface area contributed by atoms with Gasteiger partial charge < -0.3 is 20.9 Å². The van der Waals surface area contributed by atoms with Crippen molar-refractivity contribution in [2.75, 3.05) is 26.2 Å². The molecule has 9 heteroatoms. The Morgan fingerprint density at radius 1 is 1.09 bits per heavy atom. The maximum absolute atomic E-state index is 12.2. The van der Waals surface area contributed by atoms with Gasteiger partial charge in [-0.25, -0.2) is 4.98 Å². The summed E-state index contributed by atoms with van der Waals surface area (Å²) in [6, 6.07) is 8.85. The second-order valence-electron chi connectivity index (χ2n) is 8.12. The van der Waals surface area contributed by atoms with Crippen LogP contribution < -0.4 is 11.1 Å². The Morgan fingerprint density at radius 3 is 2.34 bits per heavy atom. The Morgan fingerprint density at radius 2 is 1.78 bits per heavy atom. The minimum absolute atomic E-state index is 0.0841. The molecule has 3 amide bonds. The topological polar surface area (TPSA) is 124 Å². The Labute approximate surface area is 188 Å². The van der Waals surface area contributed by atoms with Crippen molar-refractivity contribution in [1.29, 1.82) is 0 Å². The van der Waals surface area contributed by atoms with Crippen LogP contribution in [0.1, 0.15) is 54.2 Å². The smallest absolute Gasteiger partial charge is 0.272 e. The van der Waals surface area contributed by atoms with E-state index in [1.54, 1.807) is 36.8 Å². The van der Waals surface area contributed by atoms with Crippen LogP contribution in [0.4, 0.5) is 0 Å². The fourth-order valence-electron chi connectivity index (χ4n) is 4.34. The molecule has 0 spiro atoms. The van der Waals surface area contributed by atoms with Crippen molar-refractivity contribution in [3.8, 4) is 0 Å². The summed E-state index contributed by atoms with van der Waals surface area (Å²) >= 11 is 0. The Balaban J connectivity index is 0.000000195. The molecule has 9 nitrogen and oxygen atoms in total. The first-order valence-corrected chi connectivity index (χ1v) is 11.2. The number of primary amides is 1. The van der Waals surface area contributed by atoms with Crippen LogP contribution in [-0.4, -0.2) is 70.2 Å². The van der Waals surface area contributed by atoms with Gasteiger partial charge in [-0.05, 0) is 18.4 Å². The lowest BCUT2D eigenvalue weighted by molar-refractivity contribution is -0.122. The molecule has 1 aromatic carbocycles. The van der Waals surface area contributed by atoms with Crippen LogP contribution in [0.15, 0.2) is 42.9 Å². The van der Waals surface area contributed by atoms with E-state index in [-0.39, 0.29) is 5.91 Å². The molecule has 2 aliphatic rings. The first-order valence-electron chi connectivity index (χ1n) is 11.2. The number of aromatic amines is 1.